The van der Waals surface area contributed by atoms with Gasteiger partial charge in [0.1, 0.15) is 5.82 Å². The zero-order valence-corrected chi connectivity index (χ0v) is 10.6. The van der Waals surface area contributed by atoms with Gasteiger partial charge in [-0.15, -0.1) is 0 Å². The molecule has 1 aromatic carbocycles. The molecule has 0 fully saturated rings. The van der Waals surface area contributed by atoms with Crippen LogP contribution in [0, 0.1) is 5.82 Å². The molecule has 0 saturated carbocycles. The Morgan fingerprint density at radius 3 is 2.73 bits per heavy atom. The van der Waals surface area contributed by atoms with Gasteiger partial charge in [-0.05, 0) is 40.0 Å². The van der Waals surface area contributed by atoms with Crippen molar-refractivity contribution in [2.45, 2.75) is 38.6 Å². The second-order valence-corrected chi connectivity index (χ2v) is 4.63. The maximum Gasteiger partial charge on any atom is 0.137 e. The zero-order valence-electron chi connectivity index (χ0n) is 8.97. The molecule has 1 atom stereocenters. The molecular weight excluding hydrogens is 257 g/mol. The summed E-state index contributed by atoms with van der Waals surface area (Å²) in [6, 6.07) is 5.06. The molecular formula is C12H17BrFN. The molecule has 0 amide bonds. The summed E-state index contributed by atoms with van der Waals surface area (Å²) in [5, 5.41) is 0. The Morgan fingerprint density at radius 2 is 2.13 bits per heavy atom. The summed E-state index contributed by atoms with van der Waals surface area (Å²) in [5.74, 6) is -0.238. The first-order chi connectivity index (χ1) is 7.15. The molecule has 1 aromatic rings. The summed E-state index contributed by atoms with van der Waals surface area (Å²) >= 11 is 3.13. The van der Waals surface area contributed by atoms with Crippen molar-refractivity contribution >= 4 is 15.9 Å². The maximum absolute atomic E-state index is 13.2. The normalized spacial score (nSPS) is 12.8. The van der Waals surface area contributed by atoms with Crippen LogP contribution >= 0.6 is 15.9 Å². The van der Waals surface area contributed by atoms with Crippen LogP contribution < -0.4 is 5.73 Å². The van der Waals surface area contributed by atoms with Gasteiger partial charge in [0, 0.05) is 6.04 Å². The first-order valence-corrected chi connectivity index (χ1v) is 6.15. The van der Waals surface area contributed by atoms with E-state index >= 15 is 0 Å². The molecule has 0 aliphatic carbocycles. The third-order valence-corrected chi connectivity index (χ3v) is 3.13. The van der Waals surface area contributed by atoms with Gasteiger partial charge >= 0.3 is 0 Å². The van der Waals surface area contributed by atoms with Crippen molar-refractivity contribution in [3.05, 3.63) is 34.1 Å². The van der Waals surface area contributed by atoms with Crippen molar-refractivity contribution < 1.29 is 4.39 Å². The summed E-state index contributed by atoms with van der Waals surface area (Å²) in [6.07, 6.45) is 4.40. The van der Waals surface area contributed by atoms with Gasteiger partial charge in [0.25, 0.3) is 0 Å². The molecule has 0 bridgehead atoms. The molecule has 2 N–H and O–H groups in total. The summed E-state index contributed by atoms with van der Waals surface area (Å²) in [6.45, 7) is 2.16. The Hall–Kier alpha value is -0.410. The number of nitrogens with two attached hydrogens (primary N) is 1. The van der Waals surface area contributed by atoms with E-state index < -0.39 is 0 Å². The molecule has 0 saturated heterocycles. The Morgan fingerprint density at radius 1 is 1.40 bits per heavy atom. The summed E-state index contributed by atoms with van der Waals surface area (Å²) < 4.78 is 13.7. The molecule has 84 valence electrons. The Labute approximate surface area is 99.0 Å². The molecule has 1 unspecified atom stereocenters. The predicted octanol–water partition coefficient (Wildman–Crippen LogP) is 4.17. The van der Waals surface area contributed by atoms with E-state index in [2.05, 4.69) is 22.9 Å². The maximum atomic E-state index is 13.2. The highest BCUT2D eigenvalue weighted by Gasteiger charge is 2.08. The van der Waals surface area contributed by atoms with Gasteiger partial charge in [0.2, 0.25) is 0 Å². The van der Waals surface area contributed by atoms with Crippen molar-refractivity contribution in [2.24, 2.45) is 5.73 Å². The Balaban J connectivity index is 2.57. The number of halogens is 2. The van der Waals surface area contributed by atoms with E-state index in [1.54, 1.807) is 6.07 Å². The predicted molar refractivity (Wildman–Crippen MR) is 65.2 cm³/mol. The number of unbranched alkanes of at least 4 members (excludes halogenated alkanes) is 2. The molecule has 0 heterocycles. The van der Waals surface area contributed by atoms with Gasteiger partial charge in [0.05, 0.1) is 4.47 Å². The second kappa shape index (κ2) is 6.23. The van der Waals surface area contributed by atoms with E-state index in [0.29, 0.717) is 4.47 Å². The molecule has 0 aromatic heterocycles. The number of benzene rings is 1. The van der Waals surface area contributed by atoms with Crippen molar-refractivity contribution in [3.8, 4) is 0 Å². The van der Waals surface area contributed by atoms with Gasteiger partial charge in [-0.3, -0.25) is 0 Å². The van der Waals surface area contributed by atoms with E-state index in [1.165, 1.54) is 18.9 Å². The largest absolute Gasteiger partial charge is 0.324 e. The highest BCUT2D eigenvalue weighted by atomic mass is 79.9. The lowest BCUT2D eigenvalue weighted by atomic mass is 10.0. The first kappa shape index (κ1) is 12.7. The number of rotatable bonds is 5. The van der Waals surface area contributed by atoms with Gasteiger partial charge in [-0.2, -0.15) is 0 Å². The molecule has 0 radical (unpaired) electrons. The van der Waals surface area contributed by atoms with Gasteiger partial charge in [-0.1, -0.05) is 32.3 Å². The molecule has 0 spiro atoms. The molecule has 1 nitrogen and oxygen atoms in total. The molecule has 15 heavy (non-hydrogen) atoms. The summed E-state index contributed by atoms with van der Waals surface area (Å²) in [4.78, 5) is 0. The van der Waals surface area contributed by atoms with Crippen LogP contribution in [-0.2, 0) is 0 Å². The highest BCUT2D eigenvalue weighted by Crippen LogP contribution is 2.22. The third kappa shape index (κ3) is 3.92. The van der Waals surface area contributed by atoms with Gasteiger partial charge in [0.15, 0.2) is 0 Å². The lowest BCUT2D eigenvalue weighted by Gasteiger charge is -2.12. The topological polar surface area (TPSA) is 26.0 Å². The fourth-order valence-corrected chi connectivity index (χ4v) is 1.77. The Kier molecular flexibility index (Phi) is 5.26. The van der Waals surface area contributed by atoms with Crippen LogP contribution in [0.1, 0.15) is 44.2 Å². The fraction of sp³-hybridized carbons (Fsp3) is 0.500. The van der Waals surface area contributed by atoms with Crippen molar-refractivity contribution in [2.75, 3.05) is 0 Å². The van der Waals surface area contributed by atoms with E-state index in [1.807, 2.05) is 6.07 Å². The van der Waals surface area contributed by atoms with E-state index in [4.69, 9.17) is 5.73 Å². The number of hydrogen-bond acceptors (Lipinski definition) is 1. The minimum atomic E-state index is -0.238. The molecule has 0 aliphatic heterocycles. The van der Waals surface area contributed by atoms with Crippen LogP contribution in [0.3, 0.4) is 0 Å². The minimum absolute atomic E-state index is 0.0425. The minimum Gasteiger partial charge on any atom is -0.324 e. The van der Waals surface area contributed by atoms with Crippen molar-refractivity contribution in [1.29, 1.82) is 0 Å². The van der Waals surface area contributed by atoms with E-state index in [9.17, 15) is 4.39 Å². The van der Waals surface area contributed by atoms with Crippen LogP contribution in [0.25, 0.3) is 0 Å². The van der Waals surface area contributed by atoms with Gasteiger partial charge in [-0.25, -0.2) is 4.39 Å². The monoisotopic (exact) mass is 273 g/mol. The lowest BCUT2D eigenvalue weighted by Crippen LogP contribution is -2.10. The highest BCUT2D eigenvalue weighted by molar-refractivity contribution is 9.10. The third-order valence-electron chi connectivity index (χ3n) is 2.49. The van der Waals surface area contributed by atoms with E-state index in [-0.39, 0.29) is 11.9 Å². The standard InChI is InChI=1S/C12H17BrFN/c1-2-3-4-5-12(15)9-6-7-10(13)11(14)8-9/h6-8,12H,2-5,15H2,1H3. The molecule has 3 heteroatoms. The summed E-state index contributed by atoms with van der Waals surface area (Å²) in [7, 11) is 0. The number of hydrogen-bond donors (Lipinski definition) is 1. The average molecular weight is 274 g/mol. The Bertz CT molecular complexity index is 314. The van der Waals surface area contributed by atoms with Crippen LogP contribution in [0.4, 0.5) is 4.39 Å². The van der Waals surface area contributed by atoms with E-state index in [0.717, 1.165) is 18.4 Å². The van der Waals surface area contributed by atoms with Crippen molar-refractivity contribution in [1.82, 2.24) is 0 Å². The fourth-order valence-electron chi connectivity index (χ4n) is 1.52. The van der Waals surface area contributed by atoms with Crippen LogP contribution in [0.2, 0.25) is 0 Å². The van der Waals surface area contributed by atoms with Crippen LogP contribution in [0.5, 0.6) is 0 Å². The zero-order chi connectivity index (χ0) is 11.3. The average Bonchev–Trinajstić information content (AvgIpc) is 2.22. The van der Waals surface area contributed by atoms with Crippen molar-refractivity contribution in [3.63, 3.8) is 0 Å². The quantitative estimate of drug-likeness (QED) is 0.801. The SMILES string of the molecule is CCCCCC(N)c1ccc(Br)c(F)c1. The summed E-state index contributed by atoms with van der Waals surface area (Å²) in [5.41, 5.74) is 6.85. The molecule has 0 aliphatic rings. The van der Waals surface area contributed by atoms with Crippen LogP contribution in [0.15, 0.2) is 22.7 Å². The van der Waals surface area contributed by atoms with Crippen LogP contribution in [-0.4, -0.2) is 0 Å². The molecule has 1 rings (SSSR count). The lowest BCUT2D eigenvalue weighted by molar-refractivity contribution is 0.571. The van der Waals surface area contributed by atoms with Gasteiger partial charge < -0.3 is 5.73 Å². The second-order valence-electron chi connectivity index (χ2n) is 3.78. The smallest absolute Gasteiger partial charge is 0.137 e. The first-order valence-electron chi connectivity index (χ1n) is 5.35.